The SMILES string of the molecule is O=C(CNc1ccc(OC(F)F)cc1OC(F)F)Nc1cc(Cl)ccc1F. The maximum atomic E-state index is 13.6. The Bertz CT molecular complexity index is 808. The largest absolute Gasteiger partial charge is 0.435 e. The number of alkyl halides is 4. The van der Waals surface area contributed by atoms with Crippen molar-refractivity contribution in [3.63, 3.8) is 0 Å². The smallest absolute Gasteiger partial charge is 0.387 e. The van der Waals surface area contributed by atoms with Gasteiger partial charge in [0.05, 0.1) is 17.9 Å². The fraction of sp³-hybridized carbons (Fsp3) is 0.188. The second-order valence-electron chi connectivity index (χ2n) is 4.94. The summed E-state index contributed by atoms with van der Waals surface area (Å²) in [6.07, 6.45) is 0. The summed E-state index contributed by atoms with van der Waals surface area (Å²) in [5.41, 5.74) is -0.252. The third kappa shape index (κ3) is 6.48. The van der Waals surface area contributed by atoms with Crippen LogP contribution in [0.15, 0.2) is 36.4 Å². The molecule has 0 heterocycles. The maximum absolute atomic E-state index is 13.6. The number of ether oxygens (including phenoxy) is 2. The van der Waals surface area contributed by atoms with Gasteiger partial charge < -0.3 is 20.1 Å². The molecule has 0 aromatic heterocycles. The Morgan fingerprint density at radius 2 is 1.70 bits per heavy atom. The summed E-state index contributed by atoms with van der Waals surface area (Å²) in [5, 5.41) is 4.93. The zero-order valence-electron chi connectivity index (χ0n) is 13.3. The minimum Gasteiger partial charge on any atom is -0.435 e. The van der Waals surface area contributed by atoms with Gasteiger partial charge in [-0.1, -0.05) is 11.6 Å². The van der Waals surface area contributed by atoms with Gasteiger partial charge in [-0.15, -0.1) is 0 Å². The van der Waals surface area contributed by atoms with E-state index in [9.17, 15) is 26.7 Å². The molecule has 0 aliphatic heterocycles. The minimum atomic E-state index is -3.23. The molecule has 0 radical (unpaired) electrons. The van der Waals surface area contributed by atoms with Gasteiger partial charge in [-0.2, -0.15) is 17.6 Å². The maximum Gasteiger partial charge on any atom is 0.387 e. The lowest BCUT2D eigenvalue weighted by Crippen LogP contribution is -2.22. The van der Waals surface area contributed by atoms with Crippen molar-refractivity contribution in [2.24, 2.45) is 0 Å². The van der Waals surface area contributed by atoms with Crippen LogP contribution in [0.4, 0.5) is 33.3 Å². The summed E-state index contributed by atoms with van der Waals surface area (Å²) < 4.78 is 71.3. The van der Waals surface area contributed by atoms with Crippen molar-refractivity contribution >= 4 is 28.9 Å². The molecule has 5 nitrogen and oxygen atoms in total. The van der Waals surface area contributed by atoms with Gasteiger partial charge in [0.2, 0.25) is 5.91 Å². The average molecular weight is 411 g/mol. The van der Waals surface area contributed by atoms with Crippen LogP contribution in [0.2, 0.25) is 5.02 Å². The molecule has 1 amide bonds. The highest BCUT2D eigenvalue weighted by Crippen LogP contribution is 2.31. The highest BCUT2D eigenvalue weighted by Gasteiger charge is 2.15. The summed E-state index contributed by atoms with van der Waals surface area (Å²) in [7, 11) is 0. The molecule has 0 aliphatic carbocycles. The van der Waals surface area contributed by atoms with Crippen LogP contribution in [0.1, 0.15) is 0 Å². The monoisotopic (exact) mass is 410 g/mol. The second kappa shape index (κ2) is 9.26. The van der Waals surface area contributed by atoms with Gasteiger partial charge in [0.25, 0.3) is 0 Å². The summed E-state index contributed by atoms with van der Waals surface area (Å²) in [4.78, 5) is 11.9. The quantitative estimate of drug-likeness (QED) is 0.618. The van der Waals surface area contributed by atoms with Gasteiger partial charge in [-0.3, -0.25) is 4.79 Å². The fourth-order valence-electron chi connectivity index (χ4n) is 1.98. The van der Waals surface area contributed by atoms with Crippen molar-refractivity contribution in [3.8, 4) is 11.5 Å². The zero-order chi connectivity index (χ0) is 20.0. The predicted octanol–water partition coefficient (Wildman–Crippen LogP) is 4.73. The van der Waals surface area contributed by atoms with Gasteiger partial charge in [-0.25, -0.2) is 4.39 Å². The van der Waals surface area contributed by atoms with Crippen LogP contribution in [-0.4, -0.2) is 25.7 Å². The van der Waals surface area contributed by atoms with Gasteiger partial charge in [0.1, 0.15) is 11.6 Å². The molecule has 0 unspecified atom stereocenters. The normalized spacial score (nSPS) is 10.8. The molecular formula is C16H12ClF5N2O3. The molecular weight excluding hydrogens is 399 g/mol. The molecule has 0 spiro atoms. The highest BCUT2D eigenvalue weighted by atomic mass is 35.5. The summed E-state index contributed by atoms with van der Waals surface area (Å²) in [6, 6.07) is 6.54. The molecule has 2 N–H and O–H groups in total. The molecule has 2 aromatic rings. The van der Waals surface area contributed by atoms with Gasteiger partial charge >= 0.3 is 13.2 Å². The van der Waals surface area contributed by atoms with Crippen LogP contribution < -0.4 is 20.1 Å². The van der Waals surface area contributed by atoms with Crippen LogP contribution in [0.3, 0.4) is 0 Å². The average Bonchev–Trinajstić information content (AvgIpc) is 2.56. The van der Waals surface area contributed by atoms with Crippen LogP contribution in [0, 0.1) is 5.82 Å². The molecule has 2 aromatic carbocycles. The van der Waals surface area contributed by atoms with Crippen molar-refractivity contribution < 1.29 is 36.2 Å². The van der Waals surface area contributed by atoms with Crippen molar-refractivity contribution in [3.05, 3.63) is 47.2 Å². The first-order valence-electron chi connectivity index (χ1n) is 7.27. The lowest BCUT2D eigenvalue weighted by Gasteiger charge is -2.14. The first kappa shape index (κ1) is 20.6. The topological polar surface area (TPSA) is 59.6 Å². The number of nitrogens with one attached hydrogen (secondary N) is 2. The van der Waals surface area contributed by atoms with E-state index in [1.165, 1.54) is 12.1 Å². The molecule has 0 bridgehead atoms. The molecule has 0 fully saturated rings. The van der Waals surface area contributed by atoms with Crippen LogP contribution in [0.5, 0.6) is 11.5 Å². The molecule has 146 valence electrons. The number of rotatable bonds is 8. The number of halogens is 6. The Labute approximate surface area is 155 Å². The Morgan fingerprint density at radius 3 is 2.37 bits per heavy atom. The van der Waals surface area contributed by atoms with Crippen LogP contribution >= 0.6 is 11.6 Å². The number of carbonyl (C=O) groups is 1. The zero-order valence-corrected chi connectivity index (χ0v) is 14.1. The van der Waals surface area contributed by atoms with E-state index in [2.05, 4.69) is 20.1 Å². The van der Waals surface area contributed by atoms with Crippen LogP contribution in [0.25, 0.3) is 0 Å². The summed E-state index contributed by atoms with van der Waals surface area (Å²) in [5.74, 6) is -2.35. The number of benzene rings is 2. The number of amides is 1. The molecule has 0 aliphatic rings. The lowest BCUT2D eigenvalue weighted by atomic mass is 10.2. The van der Waals surface area contributed by atoms with E-state index in [4.69, 9.17) is 11.6 Å². The van der Waals surface area contributed by atoms with Crippen molar-refractivity contribution in [2.45, 2.75) is 13.2 Å². The van der Waals surface area contributed by atoms with Crippen LogP contribution in [-0.2, 0) is 4.79 Å². The van der Waals surface area contributed by atoms with E-state index in [1.807, 2.05) is 0 Å². The molecule has 11 heteroatoms. The van der Waals surface area contributed by atoms with E-state index in [0.29, 0.717) is 0 Å². The van der Waals surface area contributed by atoms with Gasteiger partial charge in [0.15, 0.2) is 5.75 Å². The summed E-state index contributed by atoms with van der Waals surface area (Å²) >= 11 is 5.71. The number of hydrogen-bond acceptors (Lipinski definition) is 4. The Hall–Kier alpha value is -2.75. The van der Waals surface area contributed by atoms with E-state index in [1.54, 1.807) is 0 Å². The van der Waals surface area contributed by atoms with Gasteiger partial charge in [-0.05, 0) is 30.3 Å². The Morgan fingerprint density at radius 1 is 1.00 bits per heavy atom. The number of hydrogen-bond donors (Lipinski definition) is 2. The van der Waals surface area contributed by atoms with E-state index in [0.717, 1.165) is 24.3 Å². The standard InChI is InChI=1S/C16H12ClF5N2O3/c17-8-1-3-10(18)12(5-8)24-14(25)7-23-11-4-2-9(26-15(19)20)6-13(11)27-16(21)22/h1-6,15-16,23H,7H2,(H,24,25). The highest BCUT2D eigenvalue weighted by molar-refractivity contribution is 6.30. The third-order valence-corrected chi connectivity index (χ3v) is 3.27. The lowest BCUT2D eigenvalue weighted by molar-refractivity contribution is -0.114. The third-order valence-electron chi connectivity index (χ3n) is 3.04. The summed E-state index contributed by atoms with van der Waals surface area (Å²) in [6.45, 7) is -6.84. The molecule has 0 saturated carbocycles. The number of anilines is 2. The number of carbonyl (C=O) groups excluding carboxylic acids is 1. The second-order valence-corrected chi connectivity index (χ2v) is 5.38. The van der Waals surface area contributed by atoms with Crippen molar-refractivity contribution in [1.29, 1.82) is 0 Å². The van der Waals surface area contributed by atoms with Gasteiger partial charge in [0, 0.05) is 11.1 Å². The van der Waals surface area contributed by atoms with E-state index in [-0.39, 0.29) is 16.4 Å². The van der Waals surface area contributed by atoms with Crippen molar-refractivity contribution in [2.75, 3.05) is 17.2 Å². The van der Waals surface area contributed by atoms with E-state index >= 15 is 0 Å². The Balaban J connectivity index is 2.06. The minimum absolute atomic E-state index is 0.0846. The first-order valence-corrected chi connectivity index (χ1v) is 7.65. The molecule has 0 saturated heterocycles. The fourth-order valence-corrected chi connectivity index (χ4v) is 2.15. The van der Waals surface area contributed by atoms with Crippen molar-refractivity contribution in [1.82, 2.24) is 0 Å². The first-order chi connectivity index (χ1) is 12.7. The molecule has 27 heavy (non-hydrogen) atoms. The molecule has 0 atom stereocenters. The Kier molecular flexibility index (Phi) is 7.05. The predicted molar refractivity (Wildman–Crippen MR) is 88.2 cm³/mol. The van der Waals surface area contributed by atoms with E-state index < -0.39 is 43.0 Å². The molecule has 2 rings (SSSR count).